The Kier molecular flexibility index (Phi) is 10.5. The lowest BCUT2D eigenvalue weighted by atomic mass is 9.78. The van der Waals surface area contributed by atoms with Crippen LogP contribution in [-0.2, 0) is 15.8 Å². The molecule has 0 bridgehead atoms. The van der Waals surface area contributed by atoms with Gasteiger partial charge in [-0.2, -0.15) is 0 Å². The van der Waals surface area contributed by atoms with E-state index in [-0.39, 0.29) is 10.9 Å². The van der Waals surface area contributed by atoms with E-state index in [0.29, 0.717) is 25.1 Å². The fraction of sp³-hybridized carbons (Fsp3) is 0.486. The van der Waals surface area contributed by atoms with Crippen LogP contribution in [0.15, 0.2) is 78.9 Å². The Balaban J connectivity index is 1.50. The smallest absolute Gasteiger partial charge is 0.261 e. The van der Waals surface area contributed by atoms with Crippen molar-refractivity contribution in [3.63, 3.8) is 0 Å². The standard InChI is InChI=1S/C37H50N2O4Si/c1-37(2,3)44(31-17-8-6-9-18-31,32-19-10-7-11-20-32)43-27-33(38-26-29-22-23-30(41-4)25-35(29)42-5)36(40)39-24-14-16-28-15-12-13-21-34(28)39/h6-11,17-20,22-23,25,28,33-34,38H,12-16,21,24,26-27H2,1-5H3/t28-,33-,34+/m1/s1. The predicted octanol–water partition coefficient (Wildman–Crippen LogP) is 5.92. The van der Waals surface area contributed by atoms with Crippen LogP contribution >= 0.6 is 0 Å². The van der Waals surface area contributed by atoms with Crippen molar-refractivity contribution in [2.75, 3.05) is 27.4 Å². The van der Waals surface area contributed by atoms with Crippen molar-refractivity contribution in [3.05, 3.63) is 84.4 Å². The van der Waals surface area contributed by atoms with Crippen molar-refractivity contribution >= 4 is 24.6 Å². The highest BCUT2D eigenvalue weighted by molar-refractivity contribution is 6.99. The molecule has 7 heteroatoms. The minimum atomic E-state index is -2.83. The van der Waals surface area contributed by atoms with E-state index >= 15 is 0 Å². The molecule has 44 heavy (non-hydrogen) atoms. The van der Waals surface area contributed by atoms with Crippen LogP contribution in [0, 0.1) is 5.92 Å². The summed E-state index contributed by atoms with van der Waals surface area (Å²) in [5, 5.41) is 5.90. The molecule has 2 aliphatic rings. The molecular weight excluding hydrogens is 565 g/mol. The summed E-state index contributed by atoms with van der Waals surface area (Å²) in [6.07, 6.45) is 7.11. The van der Waals surface area contributed by atoms with E-state index in [0.717, 1.165) is 36.4 Å². The lowest BCUT2D eigenvalue weighted by Crippen LogP contribution is -2.68. The third-order valence-electron chi connectivity index (χ3n) is 9.74. The van der Waals surface area contributed by atoms with Gasteiger partial charge in [0.2, 0.25) is 5.91 Å². The number of amides is 1. The van der Waals surface area contributed by atoms with Crippen molar-refractivity contribution < 1.29 is 18.7 Å². The molecule has 6 nitrogen and oxygen atoms in total. The van der Waals surface area contributed by atoms with Crippen molar-refractivity contribution in [2.24, 2.45) is 5.92 Å². The van der Waals surface area contributed by atoms with Crippen LogP contribution in [0.2, 0.25) is 5.04 Å². The number of hydrogen-bond donors (Lipinski definition) is 1. The Morgan fingerprint density at radius 1 is 0.886 bits per heavy atom. The molecule has 3 atom stereocenters. The molecule has 5 rings (SSSR count). The Morgan fingerprint density at radius 2 is 1.52 bits per heavy atom. The number of carbonyl (C=O) groups excluding carboxylic acids is 1. The SMILES string of the molecule is COc1ccc(CN[C@H](CO[Si](c2ccccc2)(c2ccccc2)C(C)(C)C)C(=O)N2CCC[C@H]3CCCC[C@@H]32)c(OC)c1. The average molecular weight is 615 g/mol. The molecule has 3 aromatic rings. The van der Waals surface area contributed by atoms with Gasteiger partial charge in [0.15, 0.2) is 0 Å². The van der Waals surface area contributed by atoms with Crippen molar-refractivity contribution in [3.8, 4) is 11.5 Å². The number of nitrogens with one attached hydrogen (secondary N) is 1. The van der Waals surface area contributed by atoms with E-state index in [1.54, 1.807) is 14.2 Å². The lowest BCUT2D eigenvalue weighted by Gasteiger charge is -2.46. The van der Waals surface area contributed by atoms with Gasteiger partial charge in [-0.3, -0.25) is 10.1 Å². The van der Waals surface area contributed by atoms with Crippen LogP contribution in [0.1, 0.15) is 64.9 Å². The highest BCUT2D eigenvalue weighted by Gasteiger charge is 2.51. The van der Waals surface area contributed by atoms with Crippen LogP contribution < -0.4 is 25.2 Å². The second-order valence-corrected chi connectivity index (χ2v) is 17.7. The van der Waals surface area contributed by atoms with Crippen molar-refractivity contribution in [1.29, 1.82) is 0 Å². The molecule has 0 spiro atoms. The molecule has 2 fully saturated rings. The zero-order valence-corrected chi connectivity index (χ0v) is 28.2. The molecule has 0 radical (unpaired) electrons. The van der Waals surface area contributed by atoms with E-state index in [9.17, 15) is 4.79 Å². The molecule has 1 saturated heterocycles. The van der Waals surface area contributed by atoms with Crippen molar-refractivity contribution in [1.82, 2.24) is 10.2 Å². The number of carbonyl (C=O) groups is 1. The zero-order chi connectivity index (χ0) is 31.2. The van der Waals surface area contributed by atoms with Crippen LogP contribution in [0.4, 0.5) is 0 Å². The molecule has 236 valence electrons. The van der Waals surface area contributed by atoms with Gasteiger partial charge in [0, 0.05) is 30.8 Å². The monoisotopic (exact) mass is 614 g/mol. The van der Waals surface area contributed by atoms with E-state index in [1.807, 2.05) is 18.2 Å². The number of hydrogen-bond acceptors (Lipinski definition) is 5. The first-order valence-electron chi connectivity index (χ1n) is 16.3. The second-order valence-electron chi connectivity index (χ2n) is 13.4. The molecular formula is C37H50N2O4Si. The normalized spacial score (nSPS) is 19.6. The third kappa shape index (κ3) is 6.75. The van der Waals surface area contributed by atoms with E-state index in [4.69, 9.17) is 13.9 Å². The number of nitrogens with zero attached hydrogens (tertiary/aromatic N) is 1. The van der Waals surface area contributed by atoms with Gasteiger partial charge in [0.05, 0.1) is 20.8 Å². The molecule has 3 aromatic carbocycles. The molecule has 1 aliphatic carbocycles. The molecule has 1 saturated carbocycles. The number of piperidine rings is 1. The Labute approximate surface area is 265 Å². The van der Waals surface area contributed by atoms with E-state index < -0.39 is 14.4 Å². The average Bonchev–Trinajstić information content (AvgIpc) is 3.06. The minimum Gasteiger partial charge on any atom is -0.497 e. The molecule has 1 heterocycles. The van der Waals surface area contributed by atoms with Gasteiger partial charge < -0.3 is 18.8 Å². The number of rotatable bonds is 11. The molecule has 1 amide bonds. The summed E-state index contributed by atoms with van der Waals surface area (Å²) in [5.74, 6) is 2.25. The first-order chi connectivity index (χ1) is 21.3. The van der Waals surface area contributed by atoms with Gasteiger partial charge in [0.25, 0.3) is 8.32 Å². The largest absolute Gasteiger partial charge is 0.497 e. The topological polar surface area (TPSA) is 60.0 Å². The Hall–Kier alpha value is -3.13. The van der Waals surface area contributed by atoms with E-state index in [1.165, 1.54) is 36.1 Å². The number of likely N-dealkylation sites (tertiary alicyclic amines) is 1. The molecule has 1 N–H and O–H groups in total. The first-order valence-corrected chi connectivity index (χ1v) is 18.2. The van der Waals surface area contributed by atoms with Crippen molar-refractivity contribution in [2.45, 2.75) is 83.0 Å². The predicted molar refractivity (Wildman–Crippen MR) is 180 cm³/mol. The number of ether oxygens (including phenoxy) is 2. The van der Waals surface area contributed by atoms with Gasteiger partial charge in [-0.1, -0.05) is 100 Å². The van der Waals surface area contributed by atoms with Gasteiger partial charge in [-0.05, 0) is 53.1 Å². The van der Waals surface area contributed by atoms with Crippen LogP contribution in [-0.4, -0.2) is 58.6 Å². The minimum absolute atomic E-state index is 0.159. The van der Waals surface area contributed by atoms with Gasteiger partial charge in [-0.15, -0.1) is 0 Å². The van der Waals surface area contributed by atoms with Crippen LogP contribution in [0.25, 0.3) is 0 Å². The van der Waals surface area contributed by atoms with Gasteiger partial charge in [-0.25, -0.2) is 0 Å². The molecule has 0 unspecified atom stereocenters. The Bertz CT molecular complexity index is 1320. The van der Waals surface area contributed by atoms with Gasteiger partial charge in [0.1, 0.15) is 17.5 Å². The number of benzene rings is 3. The summed E-state index contributed by atoms with van der Waals surface area (Å²) >= 11 is 0. The fourth-order valence-corrected chi connectivity index (χ4v) is 12.1. The van der Waals surface area contributed by atoms with Crippen LogP contribution in [0.5, 0.6) is 11.5 Å². The van der Waals surface area contributed by atoms with Crippen LogP contribution in [0.3, 0.4) is 0 Å². The highest BCUT2D eigenvalue weighted by atomic mass is 28.4. The summed E-state index contributed by atoms with van der Waals surface area (Å²) in [6, 6.07) is 27.0. The molecule has 0 aromatic heterocycles. The quantitative estimate of drug-likeness (QED) is 0.272. The maximum Gasteiger partial charge on any atom is 0.261 e. The molecule has 1 aliphatic heterocycles. The summed E-state index contributed by atoms with van der Waals surface area (Å²) in [5.41, 5.74) is 0.978. The summed E-state index contributed by atoms with van der Waals surface area (Å²) in [4.78, 5) is 16.8. The zero-order valence-electron chi connectivity index (χ0n) is 27.2. The second kappa shape index (κ2) is 14.3. The fourth-order valence-electron chi connectivity index (χ4n) is 7.52. The summed E-state index contributed by atoms with van der Waals surface area (Å²) in [6.45, 7) is 8.44. The summed E-state index contributed by atoms with van der Waals surface area (Å²) in [7, 11) is 0.492. The highest BCUT2D eigenvalue weighted by Crippen LogP contribution is 2.38. The maximum atomic E-state index is 14.6. The van der Waals surface area contributed by atoms with E-state index in [2.05, 4.69) is 91.7 Å². The maximum absolute atomic E-state index is 14.6. The van der Waals surface area contributed by atoms with Gasteiger partial charge >= 0.3 is 0 Å². The summed E-state index contributed by atoms with van der Waals surface area (Å²) < 4.78 is 18.5. The lowest BCUT2D eigenvalue weighted by molar-refractivity contribution is -0.140. The third-order valence-corrected chi connectivity index (χ3v) is 14.7. The number of methoxy groups -OCH3 is 2. The number of fused-ring (bicyclic) bond motifs is 1. The Morgan fingerprint density at radius 3 is 2.14 bits per heavy atom. The first kappa shape index (κ1) is 32.3.